The van der Waals surface area contributed by atoms with Crippen molar-refractivity contribution in [1.82, 2.24) is 4.90 Å². The van der Waals surface area contributed by atoms with E-state index in [1.54, 1.807) is 6.92 Å². The van der Waals surface area contributed by atoms with Gasteiger partial charge in [-0.25, -0.2) is 0 Å². The van der Waals surface area contributed by atoms with E-state index in [4.69, 9.17) is 4.74 Å². The molecule has 1 amide bonds. The summed E-state index contributed by atoms with van der Waals surface area (Å²) in [6.45, 7) is 18.7. The monoisotopic (exact) mass is 361 g/mol. The molecule has 1 fully saturated rings. The average Bonchev–Trinajstić information content (AvgIpc) is 2.53. The molecule has 0 bridgehead atoms. The Morgan fingerprint density at radius 3 is 2.54 bits per heavy atom. The molecule has 1 rings (SSSR count). The van der Waals surface area contributed by atoms with Crippen LogP contribution in [0, 0.1) is 11.3 Å². The fraction of sp³-hybridized carbons (Fsp3) is 0.696. The zero-order valence-corrected chi connectivity index (χ0v) is 17.8. The normalized spacial score (nSPS) is 24.1. The highest BCUT2D eigenvalue weighted by Crippen LogP contribution is 2.47. The lowest BCUT2D eigenvalue weighted by Gasteiger charge is -2.48. The fourth-order valence-electron chi connectivity index (χ4n) is 4.03. The van der Waals surface area contributed by atoms with Crippen molar-refractivity contribution in [2.45, 2.75) is 72.8 Å². The van der Waals surface area contributed by atoms with Crippen LogP contribution in [0.15, 0.2) is 36.5 Å². The van der Waals surface area contributed by atoms with Crippen LogP contribution < -0.4 is 0 Å². The predicted molar refractivity (Wildman–Crippen MR) is 111 cm³/mol. The molecule has 1 heterocycles. The van der Waals surface area contributed by atoms with Crippen LogP contribution >= 0.6 is 0 Å². The van der Waals surface area contributed by atoms with E-state index in [2.05, 4.69) is 58.6 Å². The van der Waals surface area contributed by atoms with Crippen molar-refractivity contribution < 1.29 is 9.53 Å². The summed E-state index contributed by atoms with van der Waals surface area (Å²) in [6.07, 6.45) is 12.9. The van der Waals surface area contributed by atoms with Crippen molar-refractivity contribution in [2.75, 3.05) is 19.7 Å². The van der Waals surface area contributed by atoms with Gasteiger partial charge in [-0.05, 0) is 57.8 Å². The molecule has 1 aliphatic heterocycles. The van der Waals surface area contributed by atoms with Gasteiger partial charge in [0.2, 0.25) is 5.91 Å². The number of carbonyl (C=O) groups excluding carboxylic acids is 1. The molecule has 0 aromatic heterocycles. The second-order valence-electron chi connectivity index (χ2n) is 8.55. The van der Waals surface area contributed by atoms with E-state index in [9.17, 15) is 4.79 Å². The maximum Gasteiger partial charge on any atom is 0.219 e. The number of hydrogen-bond donors (Lipinski definition) is 0. The molecule has 148 valence electrons. The summed E-state index contributed by atoms with van der Waals surface area (Å²) in [5, 5.41) is 0. The van der Waals surface area contributed by atoms with Crippen LogP contribution in [0.4, 0.5) is 0 Å². The van der Waals surface area contributed by atoms with Gasteiger partial charge in [0, 0.05) is 26.6 Å². The van der Waals surface area contributed by atoms with Crippen molar-refractivity contribution >= 4 is 5.91 Å². The molecule has 0 radical (unpaired) electrons. The highest BCUT2D eigenvalue weighted by molar-refractivity contribution is 5.73. The van der Waals surface area contributed by atoms with E-state index < -0.39 is 0 Å². The van der Waals surface area contributed by atoms with Crippen molar-refractivity contribution in [2.24, 2.45) is 11.3 Å². The number of ether oxygens (including phenoxy) is 1. The van der Waals surface area contributed by atoms with Crippen LogP contribution in [0.2, 0.25) is 0 Å². The molecule has 3 heteroatoms. The topological polar surface area (TPSA) is 29.5 Å². The minimum atomic E-state index is -0.116. The van der Waals surface area contributed by atoms with Gasteiger partial charge in [0.1, 0.15) is 0 Å². The highest BCUT2D eigenvalue weighted by Gasteiger charge is 2.43. The van der Waals surface area contributed by atoms with Crippen molar-refractivity contribution in [3.63, 3.8) is 0 Å². The molecule has 2 atom stereocenters. The van der Waals surface area contributed by atoms with Crippen LogP contribution in [-0.4, -0.2) is 36.1 Å². The molecule has 0 aromatic carbocycles. The first-order valence-electron chi connectivity index (χ1n) is 9.99. The van der Waals surface area contributed by atoms with Gasteiger partial charge in [-0.1, -0.05) is 50.3 Å². The quantitative estimate of drug-likeness (QED) is 0.399. The lowest BCUT2D eigenvalue weighted by Crippen LogP contribution is -2.46. The van der Waals surface area contributed by atoms with E-state index >= 15 is 0 Å². The number of amides is 1. The summed E-state index contributed by atoms with van der Waals surface area (Å²) >= 11 is 0. The van der Waals surface area contributed by atoms with Gasteiger partial charge in [-0.3, -0.25) is 4.79 Å². The van der Waals surface area contributed by atoms with E-state index in [-0.39, 0.29) is 16.9 Å². The summed E-state index contributed by atoms with van der Waals surface area (Å²) in [5.74, 6) is 0.564. The van der Waals surface area contributed by atoms with Gasteiger partial charge in [0.15, 0.2) is 0 Å². The van der Waals surface area contributed by atoms with E-state index in [1.165, 1.54) is 0 Å². The van der Waals surface area contributed by atoms with Crippen molar-refractivity contribution in [3.05, 3.63) is 36.5 Å². The lowest BCUT2D eigenvalue weighted by atomic mass is 9.64. The van der Waals surface area contributed by atoms with Crippen LogP contribution in [0.5, 0.6) is 0 Å². The third-order valence-electron chi connectivity index (χ3n) is 5.50. The summed E-state index contributed by atoms with van der Waals surface area (Å²) in [5.41, 5.74) is 1.06. The van der Waals surface area contributed by atoms with Gasteiger partial charge in [0.25, 0.3) is 0 Å². The Balaban J connectivity index is 2.97. The molecule has 26 heavy (non-hydrogen) atoms. The maximum atomic E-state index is 12.0. The van der Waals surface area contributed by atoms with Crippen LogP contribution in [0.1, 0.15) is 67.2 Å². The second-order valence-corrected chi connectivity index (χ2v) is 8.55. The van der Waals surface area contributed by atoms with E-state index in [0.29, 0.717) is 12.5 Å². The van der Waals surface area contributed by atoms with Gasteiger partial charge < -0.3 is 9.64 Å². The molecule has 1 saturated heterocycles. The summed E-state index contributed by atoms with van der Waals surface area (Å²) in [6, 6.07) is 0. The Bertz CT molecular complexity index is 532. The van der Waals surface area contributed by atoms with Gasteiger partial charge >= 0.3 is 0 Å². The average molecular weight is 362 g/mol. The van der Waals surface area contributed by atoms with Crippen molar-refractivity contribution in [3.8, 4) is 0 Å². The zero-order valence-electron chi connectivity index (χ0n) is 17.8. The first kappa shape index (κ1) is 22.7. The van der Waals surface area contributed by atoms with Crippen LogP contribution in [0.25, 0.3) is 0 Å². The predicted octanol–water partition coefficient (Wildman–Crippen LogP) is 5.54. The Morgan fingerprint density at radius 1 is 1.31 bits per heavy atom. The smallest absolute Gasteiger partial charge is 0.219 e. The number of allylic oxidation sites excluding steroid dienone is 4. The molecule has 0 aromatic rings. The minimum absolute atomic E-state index is 0.116. The lowest BCUT2D eigenvalue weighted by molar-refractivity contribution is -0.132. The van der Waals surface area contributed by atoms with Gasteiger partial charge in [-0.15, -0.1) is 0 Å². The van der Waals surface area contributed by atoms with E-state index in [1.807, 2.05) is 11.8 Å². The first-order chi connectivity index (χ1) is 12.1. The Kier molecular flexibility index (Phi) is 8.82. The molecule has 0 spiro atoms. The molecule has 3 nitrogen and oxygen atoms in total. The molecule has 0 saturated carbocycles. The summed E-state index contributed by atoms with van der Waals surface area (Å²) < 4.78 is 6.00. The molecular weight excluding hydrogens is 322 g/mol. The maximum absolute atomic E-state index is 12.0. The van der Waals surface area contributed by atoms with Crippen LogP contribution in [0.3, 0.4) is 0 Å². The zero-order chi connectivity index (χ0) is 19.8. The fourth-order valence-corrected chi connectivity index (χ4v) is 4.03. The Morgan fingerprint density at radius 2 is 2.00 bits per heavy atom. The summed E-state index contributed by atoms with van der Waals surface area (Å²) in [4.78, 5) is 14.0. The van der Waals surface area contributed by atoms with E-state index in [0.717, 1.165) is 44.4 Å². The summed E-state index contributed by atoms with van der Waals surface area (Å²) in [7, 11) is 0. The molecule has 0 N–H and O–H groups in total. The standard InChI is InChI=1S/C23H39NO2/c1-8-9-10-11-12-20(4)23(14-16-26-22(6,7)18-23)13-15-24(21(5)25)17-19(2)3/h9-12,20H,2,8,13-18H2,1,3-7H3/b10-9-,12-11-. The molecular formula is C23H39NO2. The van der Waals surface area contributed by atoms with Gasteiger partial charge in [0.05, 0.1) is 5.60 Å². The third-order valence-corrected chi connectivity index (χ3v) is 5.50. The largest absolute Gasteiger partial charge is 0.376 e. The number of rotatable bonds is 9. The number of carbonyl (C=O) groups is 1. The molecule has 1 aliphatic rings. The minimum Gasteiger partial charge on any atom is -0.376 e. The Labute approximate surface area is 161 Å². The first-order valence-corrected chi connectivity index (χ1v) is 9.99. The SMILES string of the molecule is C=C(C)CN(CCC1(C(C)/C=C\C=C/CC)CCOC(C)(C)C1)C(C)=O. The second kappa shape index (κ2) is 10.1. The van der Waals surface area contributed by atoms with Crippen molar-refractivity contribution in [1.29, 1.82) is 0 Å². The molecule has 2 unspecified atom stereocenters. The number of nitrogens with zero attached hydrogens (tertiary/aromatic N) is 1. The Hall–Kier alpha value is -1.35. The third kappa shape index (κ3) is 7.11. The van der Waals surface area contributed by atoms with Gasteiger partial charge in [-0.2, -0.15) is 0 Å². The van der Waals surface area contributed by atoms with Crippen LogP contribution in [-0.2, 0) is 9.53 Å². The number of hydrogen-bond acceptors (Lipinski definition) is 2. The highest BCUT2D eigenvalue weighted by atomic mass is 16.5. The molecule has 0 aliphatic carbocycles.